The summed E-state index contributed by atoms with van der Waals surface area (Å²) in [5.74, 6) is 1.29. The van der Waals surface area contributed by atoms with Gasteiger partial charge in [-0.3, -0.25) is 0 Å². The van der Waals surface area contributed by atoms with Gasteiger partial charge < -0.3 is 29.9 Å². The maximum Gasteiger partial charge on any atom is 0.339 e. The summed E-state index contributed by atoms with van der Waals surface area (Å²) >= 11 is 0. The van der Waals surface area contributed by atoms with E-state index in [1.807, 2.05) is 6.07 Å². The molecule has 162 valence electrons. The number of nitrogens with one attached hydrogen (secondary N) is 1. The molecule has 1 aromatic heterocycles. The van der Waals surface area contributed by atoms with E-state index < -0.39 is 6.10 Å². The lowest BCUT2D eigenvalue weighted by atomic mass is 10.0. The highest BCUT2D eigenvalue weighted by Gasteiger charge is 2.21. The molecule has 0 spiro atoms. The summed E-state index contributed by atoms with van der Waals surface area (Å²) < 4.78 is 10.5. The minimum atomic E-state index is -0.617. The van der Waals surface area contributed by atoms with Gasteiger partial charge in [-0.2, -0.15) is 0 Å². The fourth-order valence-electron chi connectivity index (χ4n) is 3.32. The quantitative estimate of drug-likeness (QED) is 0.534. The number of aromatic hydroxyl groups is 1. The first-order chi connectivity index (χ1) is 14.5. The van der Waals surface area contributed by atoms with Crippen LogP contribution in [0, 0.1) is 0 Å². The highest BCUT2D eigenvalue weighted by molar-refractivity contribution is 5.89. The van der Waals surface area contributed by atoms with Gasteiger partial charge in [-0.05, 0) is 56.2 Å². The Kier molecular flexibility index (Phi) is 7.87. The predicted molar refractivity (Wildman–Crippen MR) is 113 cm³/mol. The maximum atomic E-state index is 11.7. The Labute approximate surface area is 176 Å². The van der Waals surface area contributed by atoms with Crippen molar-refractivity contribution in [3.05, 3.63) is 48.2 Å². The smallest absolute Gasteiger partial charge is 0.339 e. The number of ether oxygens (including phenoxy) is 2. The molecule has 3 rings (SSSR count). The van der Waals surface area contributed by atoms with E-state index in [-0.39, 0.29) is 18.3 Å². The molecule has 1 saturated heterocycles. The lowest BCUT2D eigenvalue weighted by molar-refractivity contribution is 0.0526. The van der Waals surface area contributed by atoms with Crippen molar-refractivity contribution >= 4 is 11.8 Å². The van der Waals surface area contributed by atoms with Crippen LogP contribution in [0.2, 0.25) is 0 Å². The van der Waals surface area contributed by atoms with E-state index in [2.05, 4.69) is 15.2 Å². The molecular weight excluding hydrogens is 386 g/mol. The molecule has 1 aliphatic rings. The topological polar surface area (TPSA) is 104 Å². The predicted octanol–water partition coefficient (Wildman–Crippen LogP) is 1.96. The van der Waals surface area contributed by atoms with Crippen LogP contribution in [0.5, 0.6) is 11.5 Å². The Balaban J connectivity index is 1.37. The van der Waals surface area contributed by atoms with Crippen molar-refractivity contribution in [1.29, 1.82) is 0 Å². The number of aliphatic hydroxyl groups is 1. The number of pyridine rings is 1. The fraction of sp³-hybridized carbons (Fsp3) is 0.455. The van der Waals surface area contributed by atoms with Crippen LogP contribution < -0.4 is 15.0 Å². The van der Waals surface area contributed by atoms with Crippen molar-refractivity contribution in [1.82, 2.24) is 10.3 Å². The summed E-state index contributed by atoms with van der Waals surface area (Å²) in [6.07, 6.45) is 2.82. The first-order valence-corrected chi connectivity index (χ1v) is 10.3. The van der Waals surface area contributed by atoms with Crippen LogP contribution in [0.4, 0.5) is 5.82 Å². The first kappa shape index (κ1) is 21.9. The second-order valence-electron chi connectivity index (χ2n) is 7.25. The molecule has 1 atom stereocenters. The van der Waals surface area contributed by atoms with Crippen LogP contribution in [0.15, 0.2) is 42.6 Å². The van der Waals surface area contributed by atoms with Gasteiger partial charge in [-0.1, -0.05) is 0 Å². The number of rotatable bonds is 9. The van der Waals surface area contributed by atoms with Crippen LogP contribution in [0.3, 0.4) is 0 Å². The maximum absolute atomic E-state index is 11.7. The van der Waals surface area contributed by atoms with Gasteiger partial charge >= 0.3 is 5.97 Å². The number of anilines is 1. The van der Waals surface area contributed by atoms with E-state index in [1.54, 1.807) is 43.5 Å². The summed E-state index contributed by atoms with van der Waals surface area (Å²) in [5, 5.41) is 22.8. The van der Waals surface area contributed by atoms with E-state index >= 15 is 0 Å². The van der Waals surface area contributed by atoms with E-state index in [0.29, 0.717) is 30.5 Å². The van der Waals surface area contributed by atoms with Crippen molar-refractivity contribution in [2.24, 2.45) is 0 Å². The second kappa shape index (κ2) is 10.8. The third-order valence-corrected chi connectivity index (χ3v) is 5.00. The average molecular weight is 415 g/mol. The van der Waals surface area contributed by atoms with E-state index in [4.69, 9.17) is 9.47 Å². The monoisotopic (exact) mass is 415 g/mol. The van der Waals surface area contributed by atoms with Gasteiger partial charge in [-0.15, -0.1) is 0 Å². The van der Waals surface area contributed by atoms with Gasteiger partial charge in [0, 0.05) is 31.9 Å². The summed E-state index contributed by atoms with van der Waals surface area (Å²) in [5.41, 5.74) is 0.459. The molecule has 1 unspecified atom stereocenters. The fourth-order valence-corrected chi connectivity index (χ4v) is 3.32. The van der Waals surface area contributed by atoms with E-state index in [1.165, 1.54) is 0 Å². The third-order valence-electron chi connectivity index (χ3n) is 5.00. The van der Waals surface area contributed by atoms with Gasteiger partial charge in [0.2, 0.25) is 0 Å². The molecule has 0 aliphatic carbocycles. The molecule has 8 heteroatoms. The van der Waals surface area contributed by atoms with Crippen molar-refractivity contribution in [3.63, 3.8) is 0 Å². The zero-order valence-corrected chi connectivity index (χ0v) is 17.2. The molecule has 2 heterocycles. The summed E-state index contributed by atoms with van der Waals surface area (Å²) in [6.45, 7) is 4.47. The molecular formula is C22H29N3O5. The molecule has 0 bridgehead atoms. The summed E-state index contributed by atoms with van der Waals surface area (Å²) in [7, 11) is 0. The minimum Gasteiger partial charge on any atom is -0.508 e. The number of aliphatic hydroxyl groups excluding tert-OH is 1. The number of benzene rings is 1. The number of carbonyl (C=O) groups excluding carboxylic acids is 1. The number of carbonyl (C=O) groups is 1. The molecule has 1 aromatic carbocycles. The second-order valence-corrected chi connectivity index (χ2v) is 7.25. The van der Waals surface area contributed by atoms with Gasteiger partial charge in [-0.25, -0.2) is 9.78 Å². The van der Waals surface area contributed by atoms with Crippen LogP contribution >= 0.6 is 0 Å². The van der Waals surface area contributed by atoms with Gasteiger partial charge in [0.05, 0.1) is 12.2 Å². The normalized spacial score (nSPS) is 15.6. The zero-order chi connectivity index (χ0) is 21.3. The molecule has 0 saturated carbocycles. The third kappa shape index (κ3) is 6.33. The summed E-state index contributed by atoms with van der Waals surface area (Å²) in [4.78, 5) is 18.3. The Morgan fingerprint density at radius 1 is 1.23 bits per heavy atom. The molecule has 1 aliphatic heterocycles. The van der Waals surface area contributed by atoms with Crippen LogP contribution in [-0.2, 0) is 4.74 Å². The Hall–Kier alpha value is -2.84. The van der Waals surface area contributed by atoms with Gasteiger partial charge in [0.15, 0.2) is 0 Å². The van der Waals surface area contributed by atoms with Crippen molar-refractivity contribution in [3.8, 4) is 11.5 Å². The van der Waals surface area contributed by atoms with E-state index in [0.717, 1.165) is 31.7 Å². The van der Waals surface area contributed by atoms with Crippen molar-refractivity contribution in [2.75, 3.05) is 37.7 Å². The number of aromatic nitrogens is 1. The number of esters is 1. The molecule has 8 nitrogen and oxygen atoms in total. The number of hydrogen-bond donors (Lipinski definition) is 3. The van der Waals surface area contributed by atoms with E-state index in [9.17, 15) is 15.0 Å². The Morgan fingerprint density at radius 3 is 2.60 bits per heavy atom. The first-order valence-electron chi connectivity index (χ1n) is 10.3. The molecule has 2 aromatic rings. The highest BCUT2D eigenvalue weighted by atomic mass is 16.5. The average Bonchev–Trinajstić information content (AvgIpc) is 2.78. The number of phenolic OH excluding ortho intramolecular Hbond substituents is 1. The summed E-state index contributed by atoms with van der Waals surface area (Å²) in [6, 6.07) is 10.3. The molecule has 1 fully saturated rings. The van der Waals surface area contributed by atoms with Crippen molar-refractivity contribution < 1.29 is 24.5 Å². The SMILES string of the molecule is CCOC(=O)c1ccc(N2CCC(NCC(O)COc3ccc(O)cc3)CC2)nc1. The minimum absolute atomic E-state index is 0.182. The zero-order valence-electron chi connectivity index (χ0n) is 17.2. The highest BCUT2D eigenvalue weighted by Crippen LogP contribution is 2.19. The van der Waals surface area contributed by atoms with Crippen LogP contribution in [0.25, 0.3) is 0 Å². The van der Waals surface area contributed by atoms with Gasteiger partial charge in [0.25, 0.3) is 0 Å². The van der Waals surface area contributed by atoms with Gasteiger partial charge in [0.1, 0.15) is 30.0 Å². The molecule has 3 N–H and O–H groups in total. The van der Waals surface area contributed by atoms with Crippen LogP contribution in [0.1, 0.15) is 30.1 Å². The lowest BCUT2D eigenvalue weighted by Gasteiger charge is -2.33. The molecule has 0 amide bonds. The standard InChI is InChI=1S/C22H29N3O5/c1-2-29-22(28)16-3-8-21(24-13-16)25-11-9-17(10-12-25)23-14-19(27)15-30-20-6-4-18(26)5-7-20/h3-8,13,17,19,23,26-27H,2,9-12,14-15H2,1H3. The number of piperidine rings is 1. The Bertz CT molecular complexity index is 789. The molecule has 0 radical (unpaired) electrons. The van der Waals surface area contributed by atoms with Crippen molar-refractivity contribution in [2.45, 2.75) is 31.9 Å². The number of phenols is 1. The number of nitrogens with zero attached hydrogens (tertiary/aromatic N) is 2. The lowest BCUT2D eigenvalue weighted by Crippen LogP contribution is -2.45. The number of hydrogen-bond acceptors (Lipinski definition) is 8. The van der Waals surface area contributed by atoms with Crippen LogP contribution in [-0.4, -0.2) is 66.2 Å². The molecule has 30 heavy (non-hydrogen) atoms. The largest absolute Gasteiger partial charge is 0.508 e. The Morgan fingerprint density at radius 2 is 1.97 bits per heavy atom.